The fraction of sp³-hybridized carbons (Fsp3) is 0.667. The van der Waals surface area contributed by atoms with Gasteiger partial charge in [0.2, 0.25) is 0 Å². The maximum Gasteiger partial charge on any atom is 0.129 e. The number of aryl methyl sites for hydroxylation is 1. The van der Waals surface area contributed by atoms with Gasteiger partial charge in [-0.3, -0.25) is 0 Å². The zero-order valence-electron chi connectivity index (χ0n) is 10.1. The van der Waals surface area contributed by atoms with Crippen molar-refractivity contribution in [2.75, 3.05) is 25.0 Å². The van der Waals surface area contributed by atoms with Gasteiger partial charge in [-0.15, -0.1) is 0 Å². The maximum atomic E-state index is 4.21. The predicted molar refractivity (Wildman–Crippen MR) is 65.5 cm³/mol. The number of aromatic nitrogens is 2. The average molecular weight is 220 g/mol. The summed E-state index contributed by atoms with van der Waals surface area (Å²) in [5, 5.41) is 3.42. The van der Waals surface area contributed by atoms with Crippen LogP contribution >= 0.6 is 0 Å². The summed E-state index contributed by atoms with van der Waals surface area (Å²) in [7, 11) is 0. The van der Waals surface area contributed by atoms with Crippen LogP contribution in [0.15, 0.2) is 12.4 Å². The Hall–Kier alpha value is -1.16. The van der Waals surface area contributed by atoms with E-state index >= 15 is 0 Å². The topological polar surface area (TPSA) is 41.0 Å². The molecule has 0 saturated carbocycles. The van der Waals surface area contributed by atoms with Crippen molar-refractivity contribution in [3.63, 3.8) is 0 Å². The van der Waals surface area contributed by atoms with Crippen LogP contribution < -0.4 is 5.32 Å². The Balaban J connectivity index is 1.84. The van der Waals surface area contributed by atoms with Gasteiger partial charge in [-0.25, -0.2) is 9.97 Å². The highest BCUT2D eigenvalue weighted by atomic mass is 15.2. The second-order valence-corrected chi connectivity index (χ2v) is 4.60. The van der Waals surface area contributed by atoms with Crippen LogP contribution in [-0.4, -0.2) is 40.5 Å². The first kappa shape index (κ1) is 11.3. The first-order valence-corrected chi connectivity index (χ1v) is 6.01. The molecule has 1 fully saturated rings. The Morgan fingerprint density at radius 1 is 1.38 bits per heavy atom. The van der Waals surface area contributed by atoms with E-state index in [9.17, 15) is 0 Å². The van der Waals surface area contributed by atoms with Gasteiger partial charge in [0.1, 0.15) is 12.1 Å². The minimum absolute atomic E-state index is 0.437. The fourth-order valence-corrected chi connectivity index (χ4v) is 2.18. The zero-order chi connectivity index (χ0) is 11.4. The molecule has 4 heteroatoms. The fourth-order valence-electron chi connectivity index (χ4n) is 2.18. The molecule has 1 saturated heterocycles. The molecule has 2 heterocycles. The van der Waals surface area contributed by atoms with Crippen molar-refractivity contribution in [1.82, 2.24) is 14.9 Å². The molecule has 0 spiro atoms. The van der Waals surface area contributed by atoms with E-state index in [4.69, 9.17) is 0 Å². The number of anilines is 1. The molecule has 0 bridgehead atoms. The van der Waals surface area contributed by atoms with Gasteiger partial charge in [-0.05, 0) is 39.8 Å². The van der Waals surface area contributed by atoms with E-state index in [-0.39, 0.29) is 0 Å². The Morgan fingerprint density at radius 3 is 2.81 bits per heavy atom. The molecule has 0 radical (unpaired) electrons. The molecule has 0 aromatic carbocycles. The highest BCUT2D eigenvalue weighted by Crippen LogP contribution is 2.10. The summed E-state index contributed by atoms with van der Waals surface area (Å²) in [5.41, 5.74) is 1.01. The lowest BCUT2D eigenvalue weighted by Gasteiger charge is -2.21. The smallest absolute Gasteiger partial charge is 0.129 e. The Morgan fingerprint density at radius 2 is 2.12 bits per heavy atom. The van der Waals surface area contributed by atoms with E-state index in [1.165, 1.54) is 25.9 Å². The summed E-state index contributed by atoms with van der Waals surface area (Å²) in [6.07, 6.45) is 4.30. The molecule has 1 N–H and O–H groups in total. The molecule has 16 heavy (non-hydrogen) atoms. The van der Waals surface area contributed by atoms with Gasteiger partial charge in [0, 0.05) is 24.3 Å². The van der Waals surface area contributed by atoms with Crippen molar-refractivity contribution in [3.8, 4) is 0 Å². The van der Waals surface area contributed by atoms with E-state index in [0.717, 1.165) is 18.1 Å². The average Bonchev–Trinajstić information content (AvgIpc) is 2.70. The minimum atomic E-state index is 0.437. The van der Waals surface area contributed by atoms with Crippen LogP contribution in [0.5, 0.6) is 0 Å². The van der Waals surface area contributed by atoms with Gasteiger partial charge in [0.05, 0.1) is 0 Å². The summed E-state index contributed by atoms with van der Waals surface area (Å²) in [4.78, 5) is 10.8. The lowest BCUT2D eigenvalue weighted by Crippen LogP contribution is -2.33. The van der Waals surface area contributed by atoms with Gasteiger partial charge < -0.3 is 10.2 Å². The van der Waals surface area contributed by atoms with Gasteiger partial charge in [0.15, 0.2) is 0 Å². The molecule has 1 unspecified atom stereocenters. The minimum Gasteiger partial charge on any atom is -0.366 e. The largest absolute Gasteiger partial charge is 0.366 e. The van der Waals surface area contributed by atoms with E-state index in [1.54, 1.807) is 6.33 Å². The van der Waals surface area contributed by atoms with Crippen LogP contribution in [-0.2, 0) is 0 Å². The highest BCUT2D eigenvalue weighted by molar-refractivity contribution is 5.35. The number of rotatable bonds is 4. The van der Waals surface area contributed by atoms with Crippen molar-refractivity contribution in [3.05, 3.63) is 18.1 Å². The van der Waals surface area contributed by atoms with Crippen LogP contribution in [0.3, 0.4) is 0 Å². The molecule has 88 valence electrons. The zero-order valence-corrected chi connectivity index (χ0v) is 10.1. The van der Waals surface area contributed by atoms with Gasteiger partial charge in [-0.2, -0.15) is 0 Å². The number of nitrogens with zero attached hydrogens (tertiary/aromatic N) is 3. The van der Waals surface area contributed by atoms with Crippen molar-refractivity contribution < 1.29 is 0 Å². The number of hydrogen-bond donors (Lipinski definition) is 1. The van der Waals surface area contributed by atoms with E-state index in [2.05, 4.69) is 27.1 Å². The molecule has 0 amide bonds. The van der Waals surface area contributed by atoms with Crippen LogP contribution in [0.4, 0.5) is 5.82 Å². The van der Waals surface area contributed by atoms with Gasteiger partial charge in [0.25, 0.3) is 0 Å². The van der Waals surface area contributed by atoms with Crippen molar-refractivity contribution in [2.24, 2.45) is 0 Å². The first-order chi connectivity index (χ1) is 7.74. The van der Waals surface area contributed by atoms with Gasteiger partial charge in [-0.1, -0.05) is 0 Å². The molecule has 1 aliphatic rings. The summed E-state index contributed by atoms with van der Waals surface area (Å²) in [6, 6.07) is 2.42. The first-order valence-electron chi connectivity index (χ1n) is 6.01. The van der Waals surface area contributed by atoms with Gasteiger partial charge >= 0.3 is 0 Å². The second kappa shape index (κ2) is 5.25. The van der Waals surface area contributed by atoms with Crippen LogP contribution in [0.1, 0.15) is 25.5 Å². The van der Waals surface area contributed by atoms with E-state index in [0.29, 0.717) is 6.04 Å². The monoisotopic (exact) mass is 220 g/mol. The van der Waals surface area contributed by atoms with E-state index < -0.39 is 0 Å². The van der Waals surface area contributed by atoms with Crippen LogP contribution in [0, 0.1) is 6.92 Å². The summed E-state index contributed by atoms with van der Waals surface area (Å²) >= 11 is 0. The lowest BCUT2D eigenvalue weighted by atomic mass is 10.3. The standard InChI is InChI=1S/C12H20N4/c1-10-7-12(14-9-13-10)15-11(2)8-16-5-3-4-6-16/h7,9,11H,3-6,8H2,1-2H3,(H,13,14,15). The molecule has 1 aromatic heterocycles. The predicted octanol–water partition coefficient (Wildman–Crippen LogP) is 1.68. The Kier molecular flexibility index (Phi) is 3.72. The third kappa shape index (κ3) is 3.17. The molecule has 1 aliphatic heterocycles. The normalized spacial score (nSPS) is 18.6. The summed E-state index contributed by atoms with van der Waals surface area (Å²) < 4.78 is 0. The Bertz CT molecular complexity index is 334. The van der Waals surface area contributed by atoms with Crippen molar-refractivity contribution in [2.45, 2.75) is 32.7 Å². The number of hydrogen-bond acceptors (Lipinski definition) is 4. The molecule has 1 aromatic rings. The SMILES string of the molecule is Cc1cc(NC(C)CN2CCCC2)ncn1. The quantitative estimate of drug-likeness (QED) is 0.838. The highest BCUT2D eigenvalue weighted by Gasteiger charge is 2.14. The number of likely N-dealkylation sites (tertiary alicyclic amines) is 1. The third-order valence-electron chi connectivity index (χ3n) is 2.93. The summed E-state index contributed by atoms with van der Waals surface area (Å²) in [5.74, 6) is 0.930. The molecule has 4 nitrogen and oxygen atoms in total. The lowest BCUT2D eigenvalue weighted by molar-refractivity contribution is 0.327. The molecule has 0 aliphatic carbocycles. The van der Waals surface area contributed by atoms with Crippen LogP contribution in [0.25, 0.3) is 0 Å². The van der Waals surface area contributed by atoms with Crippen molar-refractivity contribution >= 4 is 5.82 Å². The molecular weight excluding hydrogens is 200 g/mol. The molecule has 2 rings (SSSR count). The van der Waals surface area contributed by atoms with E-state index in [1.807, 2.05) is 13.0 Å². The van der Waals surface area contributed by atoms with Crippen LogP contribution in [0.2, 0.25) is 0 Å². The van der Waals surface area contributed by atoms with Crippen molar-refractivity contribution in [1.29, 1.82) is 0 Å². The third-order valence-corrected chi connectivity index (χ3v) is 2.93. The maximum absolute atomic E-state index is 4.21. The Labute approximate surface area is 97.1 Å². The molecule has 1 atom stereocenters. The number of nitrogens with one attached hydrogen (secondary N) is 1. The summed E-state index contributed by atoms with van der Waals surface area (Å²) in [6.45, 7) is 7.78. The molecular formula is C12H20N4. The second-order valence-electron chi connectivity index (χ2n) is 4.60.